The molecule has 1 aromatic rings. The number of nitrogens with one attached hydrogen (secondary N) is 1. The summed E-state index contributed by atoms with van der Waals surface area (Å²) in [7, 11) is 0. The molecular formula is C9H18BrN3. The number of imidazole rings is 1. The molecular weight excluding hydrogens is 230 g/mol. The molecule has 0 bridgehead atoms. The standard InChI is InChI=1S/C9H17N3.BrH/c1-2-3-4-9-11-7-8(12-9)5-6-10;/h7H,2-6,10H2,1H3,(H,11,12);1H. The number of nitrogens with zero attached hydrogens (tertiary/aromatic N) is 1. The van der Waals surface area contributed by atoms with Gasteiger partial charge in [0.25, 0.3) is 0 Å². The van der Waals surface area contributed by atoms with Crippen LogP contribution in [0.5, 0.6) is 0 Å². The van der Waals surface area contributed by atoms with Gasteiger partial charge < -0.3 is 10.7 Å². The maximum Gasteiger partial charge on any atom is 0.106 e. The maximum atomic E-state index is 5.42. The van der Waals surface area contributed by atoms with Crippen molar-refractivity contribution in [3.05, 3.63) is 17.7 Å². The fourth-order valence-electron chi connectivity index (χ4n) is 1.16. The molecule has 0 saturated heterocycles. The van der Waals surface area contributed by atoms with Gasteiger partial charge in [0, 0.05) is 24.7 Å². The Morgan fingerprint density at radius 1 is 1.46 bits per heavy atom. The van der Waals surface area contributed by atoms with Crippen molar-refractivity contribution in [3.63, 3.8) is 0 Å². The lowest BCUT2D eigenvalue weighted by atomic mass is 10.2. The molecule has 0 radical (unpaired) electrons. The smallest absolute Gasteiger partial charge is 0.106 e. The third-order valence-electron chi connectivity index (χ3n) is 1.86. The topological polar surface area (TPSA) is 54.7 Å². The van der Waals surface area contributed by atoms with Crippen molar-refractivity contribution >= 4 is 17.0 Å². The van der Waals surface area contributed by atoms with Crippen LogP contribution in [0.3, 0.4) is 0 Å². The van der Waals surface area contributed by atoms with E-state index in [1.54, 1.807) is 0 Å². The molecule has 0 aliphatic rings. The number of halogens is 1. The summed E-state index contributed by atoms with van der Waals surface area (Å²) in [6, 6.07) is 0. The van der Waals surface area contributed by atoms with E-state index in [4.69, 9.17) is 5.73 Å². The molecule has 1 heterocycles. The number of nitrogens with two attached hydrogens (primary N) is 1. The fraction of sp³-hybridized carbons (Fsp3) is 0.667. The number of unbranched alkanes of at least 4 members (excludes halogenated alkanes) is 1. The van der Waals surface area contributed by atoms with Gasteiger partial charge in [0.05, 0.1) is 0 Å². The number of aromatic amines is 1. The van der Waals surface area contributed by atoms with E-state index in [9.17, 15) is 0 Å². The molecule has 3 nitrogen and oxygen atoms in total. The third kappa shape index (κ3) is 4.43. The summed E-state index contributed by atoms with van der Waals surface area (Å²) in [6.07, 6.45) is 6.26. The Balaban J connectivity index is 0.00000144. The first kappa shape index (κ1) is 12.7. The average Bonchev–Trinajstić information content (AvgIpc) is 2.50. The van der Waals surface area contributed by atoms with Crippen LogP contribution in [-0.4, -0.2) is 16.5 Å². The Morgan fingerprint density at radius 3 is 2.85 bits per heavy atom. The van der Waals surface area contributed by atoms with Crippen molar-refractivity contribution in [1.82, 2.24) is 9.97 Å². The van der Waals surface area contributed by atoms with E-state index in [1.165, 1.54) is 12.8 Å². The van der Waals surface area contributed by atoms with Gasteiger partial charge in [0.15, 0.2) is 0 Å². The molecule has 0 spiro atoms. The summed E-state index contributed by atoms with van der Waals surface area (Å²) in [4.78, 5) is 7.52. The van der Waals surface area contributed by atoms with Gasteiger partial charge in [0.1, 0.15) is 5.82 Å². The number of H-pyrrole nitrogens is 1. The molecule has 13 heavy (non-hydrogen) atoms. The van der Waals surface area contributed by atoms with Crippen LogP contribution in [0.4, 0.5) is 0 Å². The summed E-state index contributed by atoms with van der Waals surface area (Å²) in [5.41, 5.74) is 6.58. The van der Waals surface area contributed by atoms with Gasteiger partial charge >= 0.3 is 0 Å². The first-order valence-electron chi connectivity index (χ1n) is 4.59. The van der Waals surface area contributed by atoms with Crippen LogP contribution in [0.1, 0.15) is 31.3 Å². The Bertz CT molecular complexity index is 222. The van der Waals surface area contributed by atoms with Crippen LogP contribution in [0.15, 0.2) is 6.20 Å². The maximum absolute atomic E-state index is 5.42. The number of rotatable bonds is 5. The number of aromatic nitrogens is 2. The molecule has 0 fully saturated rings. The molecule has 1 aromatic heterocycles. The van der Waals surface area contributed by atoms with E-state index in [0.29, 0.717) is 6.54 Å². The highest BCUT2D eigenvalue weighted by Gasteiger charge is 1.98. The highest BCUT2D eigenvalue weighted by atomic mass is 79.9. The first-order valence-corrected chi connectivity index (χ1v) is 4.59. The Labute approximate surface area is 89.9 Å². The number of hydrogen-bond donors (Lipinski definition) is 2. The highest BCUT2D eigenvalue weighted by Crippen LogP contribution is 2.01. The molecule has 0 aromatic carbocycles. The lowest BCUT2D eigenvalue weighted by molar-refractivity contribution is 0.759. The van der Waals surface area contributed by atoms with Crippen molar-refractivity contribution in [1.29, 1.82) is 0 Å². The quantitative estimate of drug-likeness (QED) is 0.835. The SMILES string of the molecule is Br.CCCCc1ncc(CCN)[nH]1. The van der Waals surface area contributed by atoms with Crippen LogP contribution in [-0.2, 0) is 12.8 Å². The summed E-state index contributed by atoms with van der Waals surface area (Å²) in [5.74, 6) is 1.10. The Kier molecular flexibility index (Phi) is 6.90. The zero-order valence-electron chi connectivity index (χ0n) is 8.05. The zero-order chi connectivity index (χ0) is 8.81. The van der Waals surface area contributed by atoms with Crippen molar-refractivity contribution < 1.29 is 0 Å². The lowest BCUT2D eigenvalue weighted by Gasteiger charge is -1.93. The van der Waals surface area contributed by atoms with Gasteiger partial charge in [-0.1, -0.05) is 13.3 Å². The van der Waals surface area contributed by atoms with Gasteiger partial charge in [-0.05, 0) is 13.0 Å². The minimum atomic E-state index is 0. The van der Waals surface area contributed by atoms with Crippen LogP contribution in [0, 0.1) is 0 Å². The van der Waals surface area contributed by atoms with Crippen molar-refractivity contribution in [2.45, 2.75) is 32.6 Å². The Hall–Kier alpha value is -0.350. The van der Waals surface area contributed by atoms with Crippen molar-refractivity contribution in [2.24, 2.45) is 5.73 Å². The van der Waals surface area contributed by atoms with Gasteiger partial charge in [-0.15, -0.1) is 17.0 Å². The zero-order valence-corrected chi connectivity index (χ0v) is 9.76. The molecule has 4 heteroatoms. The molecule has 76 valence electrons. The molecule has 0 unspecified atom stereocenters. The highest BCUT2D eigenvalue weighted by molar-refractivity contribution is 8.93. The summed E-state index contributed by atoms with van der Waals surface area (Å²) < 4.78 is 0. The van der Waals surface area contributed by atoms with Crippen molar-refractivity contribution in [2.75, 3.05) is 6.54 Å². The van der Waals surface area contributed by atoms with E-state index in [0.717, 1.165) is 24.4 Å². The first-order chi connectivity index (χ1) is 5.86. The van der Waals surface area contributed by atoms with Gasteiger partial charge in [-0.25, -0.2) is 4.98 Å². The van der Waals surface area contributed by atoms with Crippen LogP contribution < -0.4 is 5.73 Å². The second-order valence-corrected chi connectivity index (χ2v) is 3.00. The van der Waals surface area contributed by atoms with Gasteiger partial charge in [-0.2, -0.15) is 0 Å². The molecule has 1 rings (SSSR count). The summed E-state index contributed by atoms with van der Waals surface area (Å²) in [5, 5.41) is 0. The van der Waals surface area contributed by atoms with Gasteiger partial charge in [0.2, 0.25) is 0 Å². The molecule has 0 atom stereocenters. The third-order valence-corrected chi connectivity index (χ3v) is 1.86. The summed E-state index contributed by atoms with van der Waals surface area (Å²) in [6.45, 7) is 2.87. The minimum Gasteiger partial charge on any atom is -0.346 e. The second kappa shape index (κ2) is 7.09. The van der Waals surface area contributed by atoms with Crippen LogP contribution in [0.2, 0.25) is 0 Å². The predicted octanol–water partition coefficient (Wildman–Crippen LogP) is 1.83. The number of aryl methyl sites for hydroxylation is 1. The normalized spacial score (nSPS) is 9.69. The van der Waals surface area contributed by atoms with Crippen LogP contribution >= 0.6 is 17.0 Å². The average molecular weight is 248 g/mol. The van der Waals surface area contributed by atoms with Crippen molar-refractivity contribution in [3.8, 4) is 0 Å². The predicted molar refractivity (Wildman–Crippen MR) is 60.3 cm³/mol. The molecule has 3 N–H and O–H groups in total. The van der Waals surface area contributed by atoms with Gasteiger partial charge in [-0.3, -0.25) is 0 Å². The second-order valence-electron chi connectivity index (χ2n) is 3.00. The monoisotopic (exact) mass is 247 g/mol. The Morgan fingerprint density at radius 2 is 2.23 bits per heavy atom. The summed E-state index contributed by atoms with van der Waals surface area (Å²) >= 11 is 0. The molecule has 0 aliphatic carbocycles. The molecule has 0 amide bonds. The largest absolute Gasteiger partial charge is 0.346 e. The molecule has 0 saturated carbocycles. The van der Waals surface area contributed by atoms with E-state index in [2.05, 4.69) is 16.9 Å². The molecule has 0 aliphatic heterocycles. The van der Waals surface area contributed by atoms with E-state index < -0.39 is 0 Å². The van der Waals surface area contributed by atoms with E-state index in [-0.39, 0.29) is 17.0 Å². The van der Waals surface area contributed by atoms with E-state index in [1.807, 2.05) is 6.20 Å². The van der Waals surface area contributed by atoms with E-state index >= 15 is 0 Å². The number of hydrogen-bond acceptors (Lipinski definition) is 2. The fourth-order valence-corrected chi connectivity index (χ4v) is 1.16. The minimum absolute atomic E-state index is 0. The lowest BCUT2D eigenvalue weighted by Crippen LogP contribution is -2.02. The van der Waals surface area contributed by atoms with Crippen LogP contribution in [0.25, 0.3) is 0 Å².